The van der Waals surface area contributed by atoms with Gasteiger partial charge in [-0.1, -0.05) is 30.3 Å². The fraction of sp³-hybridized carbons (Fsp3) is 0.600. The Morgan fingerprint density at radius 1 is 1.03 bits per heavy atom. The molecule has 1 amide bonds. The van der Waals surface area contributed by atoms with Crippen LogP contribution in [0.3, 0.4) is 0 Å². The molecule has 7 rings (SSSR count). The lowest BCUT2D eigenvalue weighted by molar-refractivity contribution is -0.0166. The van der Waals surface area contributed by atoms with Crippen molar-refractivity contribution in [2.45, 2.75) is 75.9 Å². The number of fused-ring (bicyclic) bond motifs is 1. The summed E-state index contributed by atoms with van der Waals surface area (Å²) in [6.07, 6.45) is 10.3. The summed E-state index contributed by atoms with van der Waals surface area (Å²) in [7, 11) is 0. The van der Waals surface area contributed by atoms with Gasteiger partial charge in [0.25, 0.3) is 5.91 Å². The van der Waals surface area contributed by atoms with Crippen LogP contribution in [0.25, 0.3) is 0 Å². The number of nitrogens with zero attached hydrogens (tertiary/aromatic N) is 2. The highest BCUT2D eigenvalue weighted by Crippen LogP contribution is 2.55. The molecule has 1 aliphatic heterocycles. The molecular weight excluding hydrogens is 372 g/mol. The van der Waals surface area contributed by atoms with Crippen LogP contribution in [0.15, 0.2) is 36.5 Å². The summed E-state index contributed by atoms with van der Waals surface area (Å²) in [4.78, 5) is 13.5. The van der Waals surface area contributed by atoms with Crippen LogP contribution < -0.4 is 10.6 Å². The molecule has 1 aromatic carbocycles. The van der Waals surface area contributed by atoms with Gasteiger partial charge in [0.1, 0.15) is 11.4 Å². The number of benzene rings is 1. The van der Waals surface area contributed by atoms with Crippen molar-refractivity contribution in [3.8, 4) is 0 Å². The number of amides is 1. The van der Waals surface area contributed by atoms with Crippen molar-refractivity contribution >= 4 is 11.7 Å². The Morgan fingerprint density at radius 2 is 1.67 bits per heavy atom. The first kappa shape index (κ1) is 18.5. The third-order valence-corrected chi connectivity index (χ3v) is 8.22. The minimum atomic E-state index is -0.152. The largest absolute Gasteiger partial charge is 0.363 e. The Balaban J connectivity index is 1.29. The Labute approximate surface area is 178 Å². The number of rotatable bonds is 3. The van der Waals surface area contributed by atoms with Gasteiger partial charge in [0.15, 0.2) is 0 Å². The highest BCUT2D eigenvalue weighted by molar-refractivity contribution is 5.99. The predicted octanol–water partition coefficient (Wildman–Crippen LogP) is 4.87. The Kier molecular flexibility index (Phi) is 3.91. The second-order valence-corrected chi connectivity index (χ2v) is 11.1. The average Bonchev–Trinajstić information content (AvgIpc) is 3.12. The maximum Gasteiger partial charge on any atom is 0.257 e. The summed E-state index contributed by atoms with van der Waals surface area (Å²) >= 11 is 0. The van der Waals surface area contributed by atoms with Crippen LogP contribution in [0.2, 0.25) is 0 Å². The van der Waals surface area contributed by atoms with Crippen molar-refractivity contribution in [3.05, 3.63) is 47.7 Å². The highest BCUT2D eigenvalue weighted by Gasteiger charge is 2.52. The van der Waals surface area contributed by atoms with E-state index in [9.17, 15) is 4.79 Å². The fourth-order valence-corrected chi connectivity index (χ4v) is 7.37. The lowest BCUT2D eigenvalue weighted by atomic mass is 9.53. The molecule has 5 heteroatoms. The van der Waals surface area contributed by atoms with Gasteiger partial charge in [-0.15, -0.1) is 0 Å². The molecule has 1 aromatic heterocycles. The Morgan fingerprint density at radius 3 is 2.30 bits per heavy atom. The summed E-state index contributed by atoms with van der Waals surface area (Å²) in [5, 5.41) is 11.8. The molecule has 0 spiro atoms. The van der Waals surface area contributed by atoms with Crippen LogP contribution >= 0.6 is 0 Å². The quantitative estimate of drug-likeness (QED) is 0.767. The van der Waals surface area contributed by atoms with Crippen LogP contribution in [0, 0.1) is 17.8 Å². The van der Waals surface area contributed by atoms with E-state index in [4.69, 9.17) is 0 Å². The zero-order valence-corrected chi connectivity index (χ0v) is 18.0. The van der Waals surface area contributed by atoms with E-state index in [0.717, 1.165) is 30.0 Å². The number of hydrogen-bond donors (Lipinski definition) is 2. The molecule has 30 heavy (non-hydrogen) atoms. The average molecular weight is 405 g/mol. The van der Waals surface area contributed by atoms with E-state index < -0.39 is 0 Å². The van der Waals surface area contributed by atoms with Crippen molar-refractivity contribution in [3.63, 3.8) is 0 Å². The van der Waals surface area contributed by atoms with Gasteiger partial charge in [0.05, 0.1) is 17.8 Å². The lowest BCUT2D eigenvalue weighted by Crippen LogP contribution is -2.59. The molecule has 2 N–H and O–H groups in total. The molecule has 5 aliphatic rings. The molecule has 5 nitrogen and oxygen atoms in total. The topological polar surface area (TPSA) is 59.0 Å². The fourth-order valence-electron chi connectivity index (χ4n) is 7.37. The van der Waals surface area contributed by atoms with Gasteiger partial charge in [0, 0.05) is 5.54 Å². The van der Waals surface area contributed by atoms with Gasteiger partial charge in [0.2, 0.25) is 0 Å². The summed E-state index contributed by atoms with van der Waals surface area (Å²) < 4.78 is 2.01. The van der Waals surface area contributed by atoms with Gasteiger partial charge < -0.3 is 10.6 Å². The molecule has 1 unspecified atom stereocenters. The molecule has 0 saturated heterocycles. The van der Waals surface area contributed by atoms with Crippen LogP contribution in [0.5, 0.6) is 0 Å². The smallest absolute Gasteiger partial charge is 0.257 e. The maximum absolute atomic E-state index is 13.5. The minimum Gasteiger partial charge on any atom is -0.363 e. The summed E-state index contributed by atoms with van der Waals surface area (Å²) in [5.41, 5.74) is 1.81. The normalized spacial score (nSPS) is 35.5. The van der Waals surface area contributed by atoms with E-state index in [0.29, 0.717) is 5.56 Å². The first-order chi connectivity index (χ1) is 14.4. The van der Waals surface area contributed by atoms with Gasteiger partial charge in [-0.05, 0) is 82.1 Å². The minimum absolute atomic E-state index is 0.0175. The first-order valence-corrected chi connectivity index (χ1v) is 11.6. The van der Waals surface area contributed by atoms with Crippen molar-refractivity contribution in [1.82, 2.24) is 15.1 Å². The van der Waals surface area contributed by atoms with Crippen LogP contribution in [0.4, 0.5) is 5.82 Å². The van der Waals surface area contributed by atoms with E-state index in [-0.39, 0.29) is 23.0 Å². The molecule has 2 aromatic rings. The second-order valence-electron chi connectivity index (χ2n) is 11.1. The number of carbonyl (C=O) groups excluding carboxylic acids is 1. The predicted molar refractivity (Wildman–Crippen MR) is 117 cm³/mol. The Hall–Kier alpha value is -2.30. The zero-order chi connectivity index (χ0) is 20.5. The van der Waals surface area contributed by atoms with Crippen LogP contribution in [0.1, 0.15) is 80.8 Å². The summed E-state index contributed by atoms with van der Waals surface area (Å²) in [5.74, 6) is 3.36. The third kappa shape index (κ3) is 2.89. The standard InChI is InChI=1S/C25H32N4O/c1-24(2)14-21(19-6-4-3-5-7-19)27-22-20(15-26-29(22)24)23(30)28-25-11-16-8-17(12-25)10-18(9-16)13-25/h3-7,15-18,21,27H,8-14H2,1-2H3,(H,28,30). The zero-order valence-electron chi connectivity index (χ0n) is 18.0. The van der Waals surface area contributed by atoms with E-state index in [1.54, 1.807) is 6.20 Å². The maximum atomic E-state index is 13.5. The van der Waals surface area contributed by atoms with Crippen molar-refractivity contribution in [2.75, 3.05) is 5.32 Å². The van der Waals surface area contributed by atoms with Gasteiger partial charge in [-0.2, -0.15) is 5.10 Å². The Bertz CT molecular complexity index is 941. The molecule has 4 saturated carbocycles. The van der Waals surface area contributed by atoms with Crippen molar-refractivity contribution in [1.29, 1.82) is 0 Å². The molecule has 1 atom stereocenters. The number of carbonyl (C=O) groups is 1. The van der Waals surface area contributed by atoms with E-state index in [1.165, 1.54) is 44.1 Å². The molecule has 2 heterocycles. The second kappa shape index (κ2) is 6.35. The van der Waals surface area contributed by atoms with Crippen LogP contribution in [-0.2, 0) is 5.54 Å². The number of aromatic nitrogens is 2. The molecule has 4 aliphatic carbocycles. The van der Waals surface area contributed by atoms with Crippen LogP contribution in [-0.4, -0.2) is 21.2 Å². The number of nitrogens with one attached hydrogen (secondary N) is 2. The number of anilines is 1. The molecule has 4 bridgehead atoms. The summed E-state index contributed by atoms with van der Waals surface area (Å²) in [6, 6.07) is 10.7. The molecule has 4 fully saturated rings. The number of hydrogen-bond acceptors (Lipinski definition) is 3. The monoisotopic (exact) mass is 404 g/mol. The third-order valence-electron chi connectivity index (χ3n) is 8.22. The van der Waals surface area contributed by atoms with Crippen molar-refractivity contribution < 1.29 is 4.79 Å². The van der Waals surface area contributed by atoms with Gasteiger partial charge in [-0.25, -0.2) is 4.68 Å². The molecule has 158 valence electrons. The van der Waals surface area contributed by atoms with E-state index in [2.05, 4.69) is 53.8 Å². The van der Waals surface area contributed by atoms with Gasteiger partial charge in [-0.3, -0.25) is 4.79 Å². The molecule has 0 radical (unpaired) electrons. The van der Waals surface area contributed by atoms with Gasteiger partial charge >= 0.3 is 0 Å². The highest BCUT2D eigenvalue weighted by atomic mass is 16.1. The van der Waals surface area contributed by atoms with Crippen molar-refractivity contribution in [2.24, 2.45) is 17.8 Å². The lowest BCUT2D eigenvalue weighted by Gasteiger charge is -2.56. The van der Waals surface area contributed by atoms with E-state index >= 15 is 0 Å². The SMILES string of the molecule is CC1(C)CC(c2ccccc2)Nc2c(C(=O)NC34CC5CC(CC(C5)C3)C4)cnn21. The first-order valence-electron chi connectivity index (χ1n) is 11.6. The molecular formula is C25H32N4O. The van der Waals surface area contributed by atoms with E-state index in [1.807, 2.05) is 10.7 Å². The summed E-state index contributed by atoms with van der Waals surface area (Å²) in [6.45, 7) is 4.42.